The zero-order chi connectivity index (χ0) is 32.1. The van der Waals surface area contributed by atoms with Crippen molar-refractivity contribution in [2.24, 2.45) is 0 Å². The third-order valence-electron chi connectivity index (χ3n) is 7.68. The van der Waals surface area contributed by atoms with Crippen molar-refractivity contribution < 1.29 is 40.2 Å². The van der Waals surface area contributed by atoms with Crippen LogP contribution in [0.2, 0.25) is 6.04 Å². The molecule has 1 aliphatic carbocycles. The van der Waals surface area contributed by atoms with Gasteiger partial charge in [0.25, 0.3) is 16.8 Å². The van der Waals surface area contributed by atoms with Crippen molar-refractivity contribution in [1.82, 2.24) is 4.58 Å². The maximum atomic E-state index is 12.5. The number of carbonyl (C=O) groups excluding carboxylic acids is 1. The summed E-state index contributed by atoms with van der Waals surface area (Å²) in [5.41, 5.74) is 3.13. The third kappa shape index (κ3) is 7.03. The number of esters is 1. The highest BCUT2D eigenvalue weighted by Crippen LogP contribution is 2.42. The molecule has 13 heteroatoms. The minimum atomic E-state index is -4.52. The second-order valence-electron chi connectivity index (χ2n) is 10.1. The SMILES string of the molecule is CCN(CC)c1ccc2c(-c3ccccc3S(=O)(=O)O)c3cc/c(=[N+](/C)COC(=O)CC[Si](OC)(OC)OC)cc-3oc2c1. The van der Waals surface area contributed by atoms with Crippen molar-refractivity contribution >= 4 is 41.5 Å². The summed E-state index contributed by atoms with van der Waals surface area (Å²) >= 11 is 0. The van der Waals surface area contributed by atoms with Gasteiger partial charge in [0.1, 0.15) is 23.3 Å². The number of rotatable bonds is 13. The standard InChI is InChI=1S/C31H38N2O9SSi/c1-7-33(8-2)23-14-16-25-28(20-23)42-27-19-22(32(3)21-41-30(34)17-18-44(38-4,39-5)40-6)13-15-24(27)31(25)26-11-9-10-12-29(26)43(35,36)37/h9-16,19-20H,7-8,17-18,21H2,1-6H3/p+1. The Bertz CT molecular complexity index is 1770. The molecule has 4 rings (SSSR count). The van der Waals surface area contributed by atoms with Gasteiger partial charge in [0.05, 0.1) is 12.5 Å². The summed E-state index contributed by atoms with van der Waals surface area (Å²) in [6.07, 6.45) is 0.0695. The lowest BCUT2D eigenvalue weighted by Crippen LogP contribution is -2.43. The molecule has 0 radical (unpaired) electrons. The average Bonchev–Trinajstić information content (AvgIpc) is 3.03. The number of fused-ring (bicyclic) bond motifs is 2. The molecule has 0 amide bonds. The van der Waals surface area contributed by atoms with Crippen LogP contribution >= 0.6 is 0 Å². The topological polar surface area (TPSA) is 128 Å². The van der Waals surface area contributed by atoms with Gasteiger partial charge in [-0.05, 0) is 38.1 Å². The van der Waals surface area contributed by atoms with E-state index in [4.69, 9.17) is 22.4 Å². The Hall–Kier alpha value is -3.59. The first-order valence-corrected chi connectivity index (χ1v) is 17.6. The number of nitrogens with zero attached hydrogens (tertiary/aromatic N) is 2. The molecule has 0 fully saturated rings. The van der Waals surface area contributed by atoms with Crippen molar-refractivity contribution in [3.8, 4) is 22.5 Å². The van der Waals surface area contributed by atoms with E-state index in [-0.39, 0.29) is 24.1 Å². The number of hydrogen-bond acceptors (Lipinski definition) is 9. The predicted octanol–water partition coefficient (Wildman–Crippen LogP) is 4.47. The predicted molar refractivity (Wildman–Crippen MR) is 170 cm³/mol. The molecule has 0 atom stereocenters. The fourth-order valence-corrected chi connectivity index (χ4v) is 7.53. The highest BCUT2D eigenvalue weighted by atomic mass is 32.2. The smallest absolute Gasteiger partial charge is 0.456 e. The summed E-state index contributed by atoms with van der Waals surface area (Å²) in [5.74, 6) is 0.0606. The molecule has 236 valence electrons. The zero-order valence-electron chi connectivity index (χ0n) is 25.8. The Labute approximate surface area is 258 Å². The Morgan fingerprint density at radius 2 is 1.64 bits per heavy atom. The molecule has 2 aromatic carbocycles. The molecular formula is C31H39N2O9SSi+. The number of anilines is 1. The van der Waals surface area contributed by atoms with E-state index >= 15 is 0 Å². The van der Waals surface area contributed by atoms with Gasteiger partial charge in [0.2, 0.25) is 5.36 Å². The Morgan fingerprint density at radius 3 is 2.27 bits per heavy atom. The molecule has 0 saturated heterocycles. The van der Waals surface area contributed by atoms with Gasteiger partial charge < -0.3 is 27.3 Å². The lowest BCUT2D eigenvalue weighted by Gasteiger charge is -2.23. The maximum absolute atomic E-state index is 12.5. The summed E-state index contributed by atoms with van der Waals surface area (Å²) in [6.45, 7) is 5.71. The van der Waals surface area contributed by atoms with Gasteiger partial charge >= 0.3 is 14.8 Å². The summed E-state index contributed by atoms with van der Waals surface area (Å²) in [4.78, 5) is 14.5. The van der Waals surface area contributed by atoms with Crippen LogP contribution in [-0.2, 0) is 32.9 Å². The van der Waals surface area contributed by atoms with Crippen LogP contribution in [0.5, 0.6) is 0 Å². The van der Waals surface area contributed by atoms with E-state index in [1.807, 2.05) is 36.4 Å². The quantitative estimate of drug-likeness (QED) is 0.0557. The van der Waals surface area contributed by atoms with Crippen LogP contribution in [0.25, 0.3) is 33.4 Å². The number of ether oxygens (including phenoxy) is 1. The Balaban J connectivity index is 1.81. The Kier molecular flexibility index (Phi) is 10.6. The van der Waals surface area contributed by atoms with E-state index < -0.39 is 24.9 Å². The van der Waals surface area contributed by atoms with Crippen molar-refractivity contribution in [3.63, 3.8) is 0 Å². The van der Waals surface area contributed by atoms with Crippen LogP contribution < -0.4 is 14.8 Å². The van der Waals surface area contributed by atoms with Crippen LogP contribution in [0.3, 0.4) is 0 Å². The van der Waals surface area contributed by atoms with Crippen LogP contribution in [-0.4, -0.2) is 75.9 Å². The molecule has 1 N–H and O–H groups in total. The minimum absolute atomic E-state index is 0.0238. The first-order chi connectivity index (χ1) is 21.0. The van der Waals surface area contributed by atoms with Crippen molar-refractivity contribution in [2.75, 3.05) is 53.1 Å². The first kappa shape index (κ1) is 33.3. The molecule has 1 aliphatic heterocycles. The van der Waals surface area contributed by atoms with Gasteiger partial charge in [-0.2, -0.15) is 13.0 Å². The highest BCUT2D eigenvalue weighted by molar-refractivity contribution is 7.86. The van der Waals surface area contributed by atoms with Crippen LogP contribution in [0.1, 0.15) is 20.3 Å². The van der Waals surface area contributed by atoms with Gasteiger partial charge in [-0.15, -0.1) is 0 Å². The summed E-state index contributed by atoms with van der Waals surface area (Å²) < 4.78 is 64.7. The van der Waals surface area contributed by atoms with Crippen LogP contribution in [0, 0.1) is 0 Å². The molecule has 0 aromatic heterocycles. The van der Waals surface area contributed by atoms with E-state index in [1.54, 1.807) is 29.8 Å². The van der Waals surface area contributed by atoms with Crippen LogP contribution in [0.4, 0.5) is 5.69 Å². The number of benzene rings is 3. The fraction of sp³-hybridized carbons (Fsp3) is 0.355. The van der Waals surface area contributed by atoms with E-state index in [0.29, 0.717) is 38.8 Å². The van der Waals surface area contributed by atoms with Gasteiger partial charge in [-0.3, -0.25) is 9.35 Å². The number of hydrogen-bond donors (Lipinski definition) is 1. The minimum Gasteiger partial charge on any atom is -0.456 e. The van der Waals surface area contributed by atoms with Crippen molar-refractivity contribution in [2.45, 2.75) is 31.2 Å². The molecule has 0 bridgehead atoms. The molecule has 0 spiro atoms. The summed E-state index contributed by atoms with van der Waals surface area (Å²) in [5, 5.41) is 1.40. The summed E-state index contributed by atoms with van der Waals surface area (Å²) in [6, 6.07) is 17.9. The second-order valence-corrected chi connectivity index (χ2v) is 14.6. The number of carbonyl (C=O) groups is 1. The largest absolute Gasteiger partial charge is 0.500 e. The van der Waals surface area contributed by atoms with E-state index in [2.05, 4.69) is 18.7 Å². The molecular weight excluding hydrogens is 604 g/mol. The monoisotopic (exact) mass is 643 g/mol. The lowest BCUT2D eigenvalue weighted by atomic mass is 9.93. The third-order valence-corrected chi connectivity index (χ3v) is 11.3. The van der Waals surface area contributed by atoms with Crippen molar-refractivity contribution in [3.05, 3.63) is 66.0 Å². The molecule has 0 unspecified atom stereocenters. The van der Waals surface area contributed by atoms with E-state index in [1.165, 1.54) is 27.4 Å². The molecule has 1 heterocycles. The molecule has 11 nitrogen and oxygen atoms in total. The molecule has 0 saturated carbocycles. The first-order valence-electron chi connectivity index (χ1n) is 14.2. The summed E-state index contributed by atoms with van der Waals surface area (Å²) in [7, 11) is -1.18. The normalized spacial score (nSPS) is 12.9. The maximum Gasteiger partial charge on any atom is 0.500 e. The molecule has 2 aliphatic rings. The van der Waals surface area contributed by atoms with Crippen molar-refractivity contribution in [1.29, 1.82) is 0 Å². The van der Waals surface area contributed by atoms with Gasteiger partial charge in [0, 0.05) is 80.4 Å². The highest BCUT2D eigenvalue weighted by Gasteiger charge is 2.38. The second kappa shape index (κ2) is 14.0. The fourth-order valence-electron chi connectivity index (χ4n) is 5.21. The molecule has 44 heavy (non-hydrogen) atoms. The molecule has 2 aromatic rings. The van der Waals surface area contributed by atoms with Gasteiger partial charge in [-0.1, -0.05) is 18.2 Å². The lowest BCUT2D eigenvalue weighted by molar-refractivity contribution is -0.144. The Morgan fingerprint density at radius 1 is 0.955 bits per heavy atom. The average molecular weight is 644 g/mol. The van der Waals surface area contributed by atoms with Crippen LogP contribution in [0.15, 0.2) is 70.0 Å². The van der Waals surface area contributed by atoms with Gasteiger partial charge in [-0.25, -0.2) is 0 Å². The van der Waals surface area contributed by atoms with E-state index in [9.17, 15) is 17.8 Å². The van der Waals surface area contributed by atoms with E-state index in [0.717, 1.165) is 18.8 Å². The van der Waals surface area contributed by atoms with Gasteiger partial charge in [0.15, 0.2) is 0 Å². The zero-order valence-corrected chi connectivity index (χ0v) is 27.6.